The van der Waals surface area contributed by atoms with Crippen LogP contribution in [0.15, 0.2) is 48.5 Å². The van der Waals surface area contributed by atoms with Crippen LogP contribution in [0, 0.1) is 10.5 Å². The number of amides is 1. The molecule has 0 spiro atoms. The second kappa shape index (κ2) is 8.67. The van der Waals surface area contributed by atoms with Gasteiger partial charge in [-0.1, -0.05) is 24.3 Å². The molecule has 0 heterocycles. The summed E-state index contributed by atoms with van der Waals surface area (Å²) in [4.78, 5) is 23.5. The third-order valence-electron chi connectivity index (χ3n) is 3.39. The standard InChI is InChI=1S/C18H18INO3/c1-13-4-2-3-5-14(13)10-11-20-17(21)12-23-18(22)15-6-8-16(19)9-7-15/h2-9H,10-12H2,1H3,(H,20,21). The van der Waals surface area contributed by atoms with E-state index in [0.29, 0.717) is 12.1 Å². The van der Waals surface area contributed by atoms with Crippen LogP contribution in [0.3, 0.4) is 0 Å². The van der Waals surface area contributed by atoms with Crippen molar-refractivity contribution in [2.45, 2.75) is 13.3 Å². The summed E-state index contributed by atoms with van der Waals surface area (Å²) in [5, 5.41) is 2.76. The zero-order valence-electron chi connectivity index (χ0n) is 12.8. The molecule has 0 aliphatic rings. The van der Waals surface area contributed by atoms with Gasteiger partial charge in [0.25, 0.3) is 5.91 Å². The molecule has 0 aliphatic carbocycles. The molecule has 0 radical (unpaired) electrons. The van der Waals surface area contributed by atoms with Crippen LogP contribution in [-0.4, -0.2) is 25.0 Å². The van der Waals surface area contributed by atoms with Gasteiger partial charge < -0.3 is 10.1 Å². The highest BCUT2D eigenvalue weighted by molar-refractivity contribution is 14.1. The quantitative estimate of drug-likeness (QED) is 0.574. The fourth-order valence-electron chi connectivity index (χ4n) is 2.08. The molecule has 0 aromatic heterocycles. The molecule has 0 unspecified atom stereocenters. The lowest BCUT2D eigenvalue weighted by molar-refractivity contribution is -0.124. The van der Waals surface area contributed by atoms with E-state index >= 15 is 0 Å². The molecule has 1 amide bonds. The van der Waals surface area contributed by atoms with E-state index in [1.807, 2.05) is 43.3 Å². The molecule has 120 valence electrons. The predicted octanol–water partition coefficient (Wildman–Crippen LogP) is 3.12. The number of nitrogens with one attached hydrogen (secondary N) is 1. The molecule has 2 aromatic rings. The maximum Gasteiger partial charge on any atom is 0.338 e. The molecular weight excluding hydrogens is 405 g/mol. The Morgan fingerprint density at radius 3 is 2.48 bits per heavy atom. The van der Waals surface area contributed by atoms with Crippen LogP contribution in [-0.2, 0) is 16.0 Å². The maximum absolute atomic E-state index is 11.8. The predicted molar refractivity (Wildman–Crippen MR) is 97.3 cm³/mol. The van der Waals surface area contributed by atoms with E-state index in [1.165, 1.54) is 11.1 Å². The highest BCUT2D eigenvalue weighted by Gasteiger charge is 2.09. The number of benzene rings is 2. The van der Waals surface area contributed by atoms with Gasteiger partial charge in [0.1, 0.15) is 0 Å². The number of carbonyl (C=O) groups is 2. The molecule has 0 bridgehead atoms. The van der Waals surface area contributed by atoms with Gasteiger partial charge in [-0.2, -0.15) is 0 Å². The van der Waals surface area contributed by atoms with E-state index in [9.17, 15) is 9.59 Å². The number of carbonyl (C=O) groups excluding carboxylic acids is 2. The normalized spacial score (nSPS) is 10.2. The van der Waals surface area contributed by atoms with Gasteiger partial charge in [0.15, 0.2) is 6.61 Å². The van der Waals surface area contributed by atoms with Crippen molar-refractivity contribution in [2.75, 3.05) is 13.2 Å². The Morgan fingerprint density at radius 1 is 1.09 bits per heavy atom. The number of hydrogen-bond donors (Lipinski definition) is 1. The van der Waals surface area contributed by atoms with E-state index in [0.717, 1.165) is 9.99 Å². The van der Waals surface area contributed by atoms with Gasteiger partial charge in [-0.15, -0.1) is 0 Å². The summed E-state index contributed by atoms with van der Waals surface area (Å²) in [6.45, 7) is 2.29. The van der Waals surface area contributed by atoms with Crippen LogP contribution in [0.5, 0.6) is 0 Å². The van der Waals surface area contributed by atoms with Crippen LogP contribution in [0.4, 0.5) is 0 Å². The molecule has 4 nitrogen and oxygen atoms in total. The van der Waals surface area contributed by atoms with Crippen molar-refractivity contribution >= 4 is 34.5 Å². The fraction of sp³-hybridized carbons (Fsp3) is 0.222. The fourth-order valence-corrected chi connectivity index (χ4v) is 2.44. The first kappa shape index (κ1) is 17.5. The van der Waals surface area contributed by atoms with Gasteiger partial charge in [-0.25, -0.2) is 4.79 Å². The molecule has 2 aromatic carbocycles. The molecule has 2 rings (SSSR count). The summed E-state index contributed by atoms with van der Waals surface area (Å²) in [7, 11) is 0. The van der Waals surface area contributed by atoms with Crippen LogP contribution in [0.25, 0.3) is 0 Å². The Hall–Kier alpha value is -1.89. The van der Waals surface area contributed by atoms with Crippen molar-refractivity contribution in [1.29, 1.82) is 0 Å². The summed E-state index contributed by atoms with van der Waals surface area (Å²) >= 11 is 2.16. The Bertz CT molecular complexity index is 683. The molecule has 5 heteroatoms. The summed E-state index contributed by atoms with van der Waals surface area (Å²) in [5.74, 6) is -0.784. The van der Waals surface area contributed by atoms with E-state index in [2.05, 4.69) is 27.9 Å². The summed E-state index contributed by atoms with van der Waals surface area (Å²) in [5.41, 5.74) is 2.84. The number of rotatable bonds is 6. The SMILES string of the molecule is Cc1ccccc1CCNC(=O)COC(=O)c1ccc(I)cc1. The Kier molecular flexibility index (Phi) is 6.58. The van der Waals surface area contributed by atoms with Crippen molar-refractivity contribution in [3.05, 3.63) is 68.8 Å². The highest BCUT2D eigenvalue weighted by Crippen LogP contribution is 2.08. The van der Waals surface area contributed by atoms with Gasteiger partial charge in [0.05, 0.1) is 5.56 Å². The minimum Gasteiger partial charge on any atom is -0.452 e. The van der Waals surface area contributed by atoms with Crippen LogP contribution in [0.1, 0.15) is 21.5 Å². The molecular formula is C18H18INO3. The largest absolute Gasteiger partial charge is 0.452 e. The lowest BCUT2D eigenvalue weighted by Crippen LogP contribution is -2.30. The Balaban J connectivity index is 1.72. The van der Waals surface area contributed by atoms with Crippen molar-refractivity contribution < 1.29 is 14.3 Å². The van der Waals surface area contributed by atoms with Gasteiger partial charge in [0, 0.05) is 10.1 Å². The second-order valence-corrected chi connectivity index (χ2v) is 6.36. The molecule has 0 saturated heterocycles. The zero-order valence-corrected chi connectivity index (χ0v) is 15.0. The first-order valence-corrected chi connectivity index (χ1v) is 8.38. The lowest BCUT2D eigenvalue weighted by atomic mass is 10.1. The zero-order chi connectivity index (χ0) is 16.7. The number of halogens is 1. The molecule has 0 atom stereocenters. The Labute approximate surface area is 149 Å². The molecule has 0 saturated carbocycles. The molecule has 0 aliphatic heterocycles. The highest BCUT2D eigenvalue weighted by atomic mass is 127. The lowest BCUT2D eigenvalue weighted by Gasteiger charge is -2.08. The van der Waals surface area contributed by atoms with Crippen LogP contribution >= 0.6 is 22.6 Å². The summed E-state index contributed by atoms with van der Waals surface area (Å²) in [6, 6.07) is 15.0. The first-order chi connectivity index (χ1) is 11.1. The summed E-state index contributed by atoms with van der Waals surface area (Å²) in [6.07, 6.45) is 0.753. The third-order valence-corrected chi connectivity index (χ3v) is 4.11. The van der Waals surface area contributed by atoms with Gasteiger partial charge >= 0.3 is 5.97 Å². The van der Waals surface area contributed by atoms with Gasteiger partial charge in [-0.05, 0) is 71.3 Å². The first-order valence-electron chi connectivity index (χ1n) is 7.30. The van der Waals surface area contributed by atoms with Crippen molar-refractivity contribution in [2.24, 2.45) is 0 Å². The van der Waals surface area contributed by atoms with Crippen molar-refractivity contribution in [3.63, 3.8) is 0 Å². The Morgan fingerprint density at radius 2 is 1.78 bits per heavy atom. The second-order valence-electron chi connectivity index (χ2n) is 5.11. The monoisotopic (exact) mass is 423 g/mol. The summed E-state index contributed by atoms with van der Waals surface area (Å²) < 4.78 is 6.04. The van der Waals surface area contributed by atoms with E-state index in [1.54, 1.807) is 12.1 Å². The van der Waals surface area contributed by atoms with Gasteiger partial charge in [0.2, 0.25) is 0 Å². The van der Waals surface area contributed by atoms with E-state index < -0.39 is 5.97 Å². The van der Waals surface area contributed by atoms with Gasteiger partial charge in [-0.3, -0.25) is 4.79 Å². The average molecular weight is 423 g/mol. The van der Waals surface area contributed by atoms with E-state index in [4.69, 9.17) is 4.74 Å². The number of ether oxygens (including phenoxy) is 1. The average Bonchev–Trinajstić information content (AvgIpc) is 2.55. The van der Waals surface area contributed by atoms with Crippen molar-refractivity contribution in [1.82, 2.24) is 5.32 Å². The van der Waals surface area contributed by atoms with Crippen LogP contribution < -0.4 is 5.32 Å². The number of hydrogen-bond acceptors (Lipinski definition) is 3. The number of aryl methyl sites for hydroxylation is 1. The topological polar surface area (TPSA) is 55.4 Å². The smallest absolute Gasteiger partial charge is 0.338 e. The van der Waals surface area contributed by atoms with Crippen LogP contribution in [0.2, 0.25) is 0 Å². The molecule has 23 heavy (non-hydrogen) atoms. The molecule has 0 fully saturated rings. The van der Waals surface area contributed by atoms with E-state index in [-0.39, 0.29) is 12.5 Å². The maximum atomic E-state index is 11.8. The number of esters is 1. The van der Waals surface area contributed by atoms with Crippen molar-refractivity contribution in [3.8, 4) is 0 Å². The third kappa shape index (κ3) is 5.67. The molecule has 1 N–H and O–H groups in total. The minimum atomic E-state index is -0.490. The minimum absolute atomic E-state index is 0.265.